The summed E-state index contributed by atoms with van der Waals surface area (Å²) in [4.78, 5) is 37.2. The van der Waals surface area contributed by atoms with E-state index in [-0.39, 0.29) is 17.1 Å². The van der Waals surface area contributed by atoms with E-state index in [1.807, 2.05) is 0 Å². The summed E-state index contributed by atoms with van der Waals surface area (Å²) in [7, 11) is 4.40. The fourth-order valence-corrected chi connectivity index (χ4v) is 3.36. The molecule has 0 aliphatic heterocycles. The molecule has 1 aliphatic carbocycles. The SMILES string of the molecule is COc1cc(C(=O)NC(C)(C)C2C(=O)CCCC2=O)cc(OC)c1OC. The molecule has 0 radical (unpaired) electrons. The molecular weight excluding hydrogens is 338 g/mol. The first-order valence-electron chi connectivity index (χ1n) is 8.43. The first-order valence-corrected chi connectivity index (χ1v) is 8.43. The van der Waals surface area contributed by atoms with E-state index in [2.05, 4.69) is 5.32 Å². The second-order valence-corrected chi connectivity index (χ2v) is 6.81. The second kappa shape index (κ2) is 7.76. The molecule has 0 saturated heterocycles. The van der Waals surface area contributed by atoms with Gasteiger partial charge in [0.25, 0.3) is 5.91 Å². The van der Waals surface area contributed by atoms with Gasteiger partial charge in [0.2, 0.25) is 5.75 Å². The predicted molar refractivity (Wildman–Crippen MR) is 95.0 cm³/mol. The van der Waals surface area contributed by atoms with Crippen molar-refractivity contribution in [2.24, 2.45) is 5.92 Å². The molecule has 26 heavy (non-hydrogen) atoms. The molecule has 7 heteroatoms. The van der Waals surface area contributed by atoms with Crippen molar-refractivity contribution in [3.63, 3.8) is 0 Å². The number of methoxy groups -OCH3 is 3. The van der Waals surface area contributed by atoms with Gasteiger partial charge in [-0.05, 0) is 32.4 Å². The summed E-state index contributed by atoms with van der Waals surface area (Å²) >= 11 is 0. The van der Waals surface area contributed by atoms with Crippen LogP contribution in [-0.4, -0.2) is 44.3 Å². The van der Waals surface area contributed by atoms with Crippen LogP contribution in [0.3, 0.4) is 0 Å². The van der Waals surface area contributed by atoms with Crippen molar-refractivity contribution in [2.45, 2.75) is 38.6 Å². The number of hydrogen-bond donors (Lipinski definition) is 1. The van der Waals surface area contributed by atoms with Crippen LogP contribution in [0, 0.1) is 5.92 Å². The topological polar surface area (TPSA) is 90.9 Å². The number of carbonyl (C=O) groups excluding carboxylic acids is 3. The fraction of sp³-hybridized carbons (Fsp3) is 0.526. The Hall–Kier alpha value is -2.57. The Morgan fingerprint density at radius 2 is 1.50 bits per heavy atom. The zero-order chi connectivity index (χ0) is 19.5. The molecule has 0 bridgehead atoms. The molecule has 1 aromatic carbocycles. The summed E-state index contributed by atoms with van der Waals surface area (Å²) in [5.74, 6) is -0.446. The average Bonchev–Trinajstić information content (AvgIpc) is 2.59. The third kappa shape index (κ3) is 3.81. The van der Waals surface area contributed by atoms with E-state index in [1.54, 1.807) is 13.8 Å². The smallest absolute Gasteiger partial charge is 0.252 e. The maximum absolute atomic E-state index is 12.8. The van der Waals surface area contributed by atoms with Crippen molar-refractivity contribution < 1.29 is 28.6 Å². The van der Waals surface area contributed by atoms with Crippen LogP contribution in [0.5, 0.6) is 17.2 Å². The Morgan fingerprint density at radius 3 is 1.92 bits per heavy atom. The van der Waals surface area contributed by atoms with Gasteiger partial charge in [0.15, 0.2) is 11.5 Å². The number of Topliss-reactive ketones (excluding diaryl/α,β-unsaturated/α-hetero) is 2. The van der Waals surface area contributed by atoms with Gasteiger partial charge in [-0.15, -0.1) is 0 Å². The Labute approximate surface area is 153 Å². The van der Waals surface area contributed by atoms with E-state index in [0.29, 0.717) is 36.5 Å². The van der Waals surface area contributed by atoms with Crippen molar-refractivity contribution >= 4 is 17.5 Å². The van der Waals surface area contributed by atoms with E-state index in [1.165, 1.54) is 33.5 Å². The van der Waals surface area contributed by atoms with Crippen LogP contribution in [-0.2, 0) is 9.59 Å². The van der Waals surface area contributed by atoms with Gasteiger partial charge in [-0.25, -0.2) is 0 Å². The minimum absolute atomic E-state index is 0.128. The highest BCUT2D eigenvalue weighted by atomic mass is 16.5. The van der Waals surface area contributed by atoms with Crippen LogP contribution < -0.4 is 19.5 Å². The molecule has 1 N–H and O–H groups in total. The van der Waals surface area contributed by atoms with E-state index in [4.69, 9.17) is 14.2 Å². The predicted octanol–water partition coefficient (Wildman–Crippen LogP) is 2.16. The van der Waals surface area contributed by atoms with Gasteiger partial charge < -0.3 is 19.5 Å². The molecule has 142 valence electrons. The monoisotopic (exact) mass is 363 g/mol. The summed E-state index contributed by atoms with van der Waals surface area (Å²) in [6, 6.07) is 3.05. The summed E-state index contributed by atoms with van der Waals surface area (Å²) in [5.41, 5.74) is -0.713. The number of benzene rings is 1. The van der Waals surface area contributed by atoms with Crippen molar-refractivity contribution in [1.29, 1.82) is 0 Å². The van der Waals surface area contributed by atoms with E-state index >= 15 is 0 Å². The highest BCUT2D eigenvalue weighted by Gasteiger charge is 2.43. The molecule has 1 fully saturated rings. The number of amides is 1. The molecule has 1 saturated carbocycles. The maximum Gasteiger partial charge on any atom is 0.252 e. The molecule has 0 aromatic heterocycles. The quantitative estimate of drug-likeness (QED) is 0.779. The molecule has 0 unspecified atom stereocenters. The molecule has 7 nitrogen and oxygen atoms in total. The van der Waals surface area contributed by atoms with Gasteiger partial charge in [0, 0.05) is 18.4 Å². The molecule has 0 heterocycles. The van der Waals surface area contributed by atoms with Gasteiger partial charge in [-0.2, -0.15) is 0 Å². The first kappa shape index (κ1) is 19.8. The third-order valence-electron chi connectivity index (χ3n) is 4.57. The number of carbonyl (C=O) groups is 3. The third-order valence-corrected chi connectivity index (χ3v) is 4.57. The first-order chi connectivity index (χ1) is 12.2. The highest BCUT2D eigenvalue weighted by molar-refractivity contribution is 6.06. The van der Waals surface area contributed by atoms with Crippen LogP contribution in [0.1, 0.15) is 43.5 Å². The Morgan fingerprint density at radius 1 is 1.00 bits per heavy atom. The van der Waals surface area contributed by atoms with Crippen LogP contribution in [0.4, 0.5) is 0 Å². The van der Waals surface area contributed by atoms with E-state index in [0.717, 1.165) is 0 Å². The minimum atomic E-state index is -0.994. The standard InChI is InChI=1S/C19H25NO6/c1-19(2,16-12(21)7-6-8-13(16)22)20-18(23)11-9-14(24-3)17(26-5)15(10-11)25-4/h9-10,16H,6-8H2,1-5H3,(H,20,23). The highest BCUT2D eigenvalue weighted by Crippen LogP contribution is 2.38. The van der Waals surface area contributed by atoms with E-state index in [9.17, 15) is 14.4 Å². The summed E-state index contributed by atoms with van der Waals surface area (Å²) in [5, 5.41) is 2.81. The van der Waals surface area contributed by atoms with Crippen LogP contribution in [0.25, 0.3) is 0 Å². The lowest BCUT2D eigenvalue weighted by molar-refractivity contribution is -0.138. The number of ether oxygens (including phenoxy) is 3. The molecule has 1 aromatic rings. The van der Waals surface area contributed by atoms with Crippen molar-refractivity contribution in [2.75, 3.05) is 21.3 Å². The van der Waals surface area contributed by atoms with Crippen LogP contribution >= 0.6 is 0 Å². The fourth-order valence-electron chi connectivity index (χ4n) is 3.36. The summed E-state index contributed by atoms with van der Waals surface area (Å²) in [6.45, 7) is 3.38. The molecule has 2 rings (SSSR count). The average molecular weight is 363 g/mol. The number of hydrogen-bond acceptors (Lipinski definition) is 6. The van der Waals surface area contributed by atoms with Crippen molar-refractivity contribution in [3.8, 4) is 17.2 Å². The zero-order valence-corrected chi connectivity index (χ0v) is 15.8. The van der Waals surface area contributed by atoms with Gasteiger partial charge in [-0.1, -0.05) is 0 Å². The number of rotatable bonds is 6. The zero-order valence-electron chi connectivity index (χ0n) is 15.8. The lowest BCUT2D eigenvalue weighted by Crippen LogP contribution is -2.55. The molecule has 0 atom stereocenters. The minimum Gasteiger partial charge on any atom is -0.493 e. The number of nitrogens with one attached hydrogen (secondary N) is 1. The summed E-state index contributed by atoms with van der Waals surface area (Å²) in [6.07, 6.45) is 1.30. The second-order valence-electron chi connectivity index (χ2n) is 6.81. The maximum atomic E-state index is 12.8. The molecule has 1 amide bonds. The normalized spacial score (nSPS) is 15.6. The molecule has 1 aliphatic rings. The Balaban J connectivity index is 2.31. The van der Waals surface area contributed by atoms with Gasteiger partial charge >= 0.3 is 0 Å². The molecular formula is C19H25NO6. The van der Waals surface area contributed by atoms with Crippen LogP contribution in [0.2, 0.25) is 0 Å². The van der Waals surface area contributed by atoms with Crippen molar-refractivity contribution in [1.82, 2.24) is 5.32 Å². The van der Waals surface area contributed by atoms with E-state index < -0.39 is 17.4 Å². The van der Waals surface area contributed by atoms with Crippen molar-refractivity contribution in [3.05, 3.63) is 17.7 Å². The largest absolute Gasteiger partial charge is 0.493 e. The molecule has 0 spiro atoms. The summed E-state index contributed by atoms with van der Waals surface area (Å²) < 4.78 is 15.8. The van der Waals surface area contributed by atoms with Crippen LogP contribution in [0.15, 0.2) is 12.1 Å². The van der Waals surface area contributed by atoms with Gasteiger partial charge in [0.1, 0.15) is 11.6 Å². The Bertz CT molecular complexity index is 684. The lowest BCUT2D eigenvalue weighted by atomic mass is 9.75. The van der Waals surface area contributed by atoms with Gasteiger partial charge in [-0.3, -0.25) is 14.4 Å². The van der Waals surface area contributed by atoms with Gasteiger partial charge in [0.05, 0.1) is 32.8 Å². The number of ketones is 2. The Kier molecular flexibility index (Phi) is 5.90. The lowest BCUT2D eigenvalue weighted by Gasteiger charge is -2.35.